The molecule has 3 heteroatoms. The third kappa shape index (κ3) is 4.94. The second kappa shape index (κ2) is 7.89. The Bertz CT molecular complexity index is 534. The van der Waals surface area contributed by atoms with E-state index in [-0.39, 0.29) is 5.92 Å². The summed E-state index contributed by atoms with van der Waals surface area (Å²) in [5.74, 6) is -0.824. The van der Waals surface area contributed by atoms with E-state index in [1.807, 2.05) is 18.2 Å². The lowest BCUT2D eigenvalue weighted by Crippen LogP contribution is -2.23. The smallest absolute Gasteiger partial charge is 0.126 e. The molecule has 0 aliphatic rings. The van der Waals surface area contributed by atoms with Crippen molar-refractivity contribution < 1.29 is 8.78 Å². The highest BCUT2D eigenvalue weighted by molar-refractivity contribution is 5.25. The van der Waals surface area contributed by atoms with Crippen LogP contribution in [0, 0.1) is 11.6 Å². The summed E-state index contributed by atoms with van der Waals surface area (Å²) in [7, 11) is 0. The van der Waals surface area contributed by atoms with Gasteiger partial charge >= 0.3 is 0 Å². The molecule has 1 N–H and O–H groups in total. The lowest BCUT2D eigenvalue weighted by molar-refractivity contribution is 0.559. The van der Waals surface area contributed by atoms with E-state index in [4.69, 9.17) is 0 Å². The molecule has 1 atom stereocenters. The Morgan fingerprint density at radius 3 is 2.29 bits per heavy atom. The van der Waals surface area contributed by atoms with Gasteiger partial charge in [-0.05, 0) is 42.6 Å². The van der Waals surface area contributed by atoms with Gasteiger partial charge < -0.3 is 5.32 Å². The highest BCUT2D eigenvalue weighted by Gasteiger charge is 2.13. The van der Waals surface area contributed by atoms with Gasteiger partial charge in [-0.25, -0.2) is 8.78 Å². The lowest BCUT2D eigenvalue weighted by Gasteiger charge is -2.18. The van der Waals surface area contributed by atoms with Crippen LogP contribution in [0.2, 0.25) is 0 Å². The molecule has 1 unspecified atom stereocenters. The van der Waals surface area contributed by atoms with Gasteiger partial charge in [0.15, 0.2) is 0 Å². The minimum Gasteiger partial charge on any atom is -0.316 e. The van der Waals surface area contributed by atoms with E-state index in [1.165, 1.54) is 17.7 Å². The quantitative estimate of drug-likeness (QED) is 0.750. The predicted molar refractivity (Wildman–Crippen MR) is 82.4 cm³/mol. The maximum Gasteiger partial charge on any atom is 0.126 e. The van der Waals surface area contributed by atoms with Crippen LogP contribution in [-0.2, 0) is 6.42 Å². The van der Waals surface area contributed by atoms with Crippen LogP contribution in [0.4, 0.5) is 8.78 Å². The highest BCUT2D eigenvalue weighted by Crippen LogP contribution is 2.21. The molecule has 0 aliphatic heterocycles. The molecule has 2 rings (SSSR count). The van der Waals surface area contributed by atoms with Crippen molar-refractivity contribution in [1.82, 2.24) is 5.32 Å². The third-order valence-electron chi connectivity index (χ3n) is 3.49. The fourth-order valence-electron chi connectivity index (χ4n) is 2.50. The summed E-state index contributed by atoms with van der Waals surface area (Å²) in [5, 5.41) is 3.40. The first kappa shape index (κ1) is 15.6. The van der Waals surface area contributed by atoms with Crippen molar-refractivity contribution >= 4 is 0 Å². The Labute approximate surface area is 125 Å². The summed E-state index contributed by atoms with van der Waals surface area (Å²) in [6, 6.07) is 13.8. The second-order valence-electron chi connectivity index (χ2n) is 5.29. The molecule has 112 valence electrons. The van der Waals surface area contributed by atoms with Gasteiger partial charge in [-0.2, -0.15) is 0 Å². The molecular weight excluding hydrogens is 268 g/mol. The largest absolute Gasteiger partial charge is 0.316 e. The standard InChI is InChI=1S/C18H21F2N/c1-2-8-21-13-16(15-6-4-3-5-7-15)9-14-10-17(19)12-18(20)11-14/h3-7,10-12,16,21H,2,8-9,13H2,1H3. The van der Waals surface area contributed by atoms with Gasteiger partial charge in [0.1, 0.15) is 11.6 Å². The second-order valence-corrected chi connectivity index (χ2v) is 5.29. The molecule has 0 saturated heterocycles. The van der Waals surface area contributed by atoms with Crippen LogP contribution < -0.4 is 5.32 Å². The number of benzene rings is 2. The maximum atomic E-state index is 13.3. The SMILES string of the molecule is CCCNCC(Cc1cc(F)cc(F)c1)c1ccccc1. The molecule has 2 aromatic rings. The summed E-state index contributed by atoms with van der Waals surface area (Å²) in [5.41, 5.74) is 1.88. The van der Waals surface area contributed by atoms with Gasteiger partial charge in [0.25, 0.3) is 0 Å². The highest BCUT2D eigenvalue weighted by atomic mass is 19.1. The van der Waals surface area contributed by atoms with E-state index < -0.39 is 11.6 Å². The maximum absolute atomic E-state index is 13.3. The van der Waals surface area contributed by atoms with Gasteiger partial charge in [-0.15, -0.1) is 0 Å². The Morgan fingerprint density at radius 1 is 1.00 bits per heavy atom. The van der Waals surface area contributed by atoms with Gasteiger partial charge in [-0.1, -0.05) is 37.3 Å². The molecule has 0 amide bonds. The number of rotatable bonds is 7. The minimum absolute atomic E-state index is 0.207. The molecule has 0 radical (unpaired) electrons. The van der Waals surface area contributed by atoms with Crippen molar-refractivity contribution in [3.63, 3.8) is 0 Å². The van der Waals surface area contributed by atoms with E-state index >= 15 is 0 Å². The fraction of sp³-hybridized carbons (Fsp3) is 0.333. The van der Waals surface area contributed by atoms with Crippen molar-refractivity contribution in [3.8, 4) is 0 Å². The summed E-state index contributed by atoms with van der Waals surface area (Å²) in [6.45, 7) is 3.86. The zero-order chi connectivity index (χ0) is 15.1. The Morgan fingerprint density at radius 2 is 1.67 bits per heavy atom. The summed E-state index contributed by atoms with van der Waals surface area (Å²) in [6.07, 6.45) is 1.69. The van der Waals surface area contributed by atoms with Gasteiger partial charge in [-0.3, -0.25) is 0 Å². The zero-order valence-corrected chi connectivity index (χ0v) is 12.3. The normalized spacial score (nSPS) is 12.3. The topological polar surface area (TPSA) is 12.0 Å². The third-order valence-corrected chi connectivity index (χ3v) is 3.49. The molecule has 0 aromatic heterocycles. The first-order valence-electron chi connectivity index (χ1n) is 7.39. The molecule has 0 heterocycles. The first-order chi connectivity index (χ1) is 10.2. The Kier molecular flexibility index (Phi) is 5.88. The van der Waals surface area contributed by atoms with Crippen LogP contribution in [0.3, 0.4) is 0 Å². The van der Waals surface area contributed by atoms with E-state index in [1.54, 1.807) is 0 Å². The van der Waals surface area contributed by atoms with Crippen LogP contribution in [0.1, 0.15) is 30.4 Å². The molecule has 0 fully saturated rings. The van der Waals surface area contributed by atoms with E-state index in [9.17, 15) is 8.78 Å². The molecule has 0 bridgehead atoms. The number of hydrogen-bond acceptors (Lipinski definition) is 1. The molecule has 0 aliphatic carbocycles. The van der Waals surface area contributed by atoms with Crippen LogP contribution in [0.5, 0.6) is 0 Å². The molecule has 0 saturated carbocycles. The predicted octanol–water partition coefficient (Wildman–Crippen LogP) is 4.29. The minimum atomic E-state index is -0.515. The average molecular weight is 289 g/mol. The van der Waals surface area contributed by atoms with E-state index in [0.717, 1.165) is 25.6 Å². The van der Waals surface area contributed by atoms with E-state index in [0.29, 0.717) is 12.0 Å². The number of hydrogen-bond donors (Lipinski definition) is 1. The van der Waals surface area contributed by atoms with Crippen molar-refractivity contribution in [2.75, 3.05) is 13.1 Å². The Balaban J connectivity index is 2.15. The number of halogens is 2. The molecule has 2 aromatic carbocycles. The van der Waals surface area contributed by atoms with Crippen molar-refractivity contribution in [1.29, 1.82) is 0 Å². The molecule has 21 heavy (non-hydrogen) atoms. The van der Waals surface area contributed by atoms with Crippen LogP contribution >= 0.6 is 0 Å². The van der Waals surface area contributed by atoms with Crippen molar-refractivity contribution in [2.45, 2.75) is 25.7 Å². The first-order valence-corrected chi connectivity index (χ1v) is 7.39. The zero-order valence-electron chi connectivity index (χ0n) is 12.3. The van der Waals surface area contributed by atoms with Crippen molar-refractivity contribution in [2.24, 2.45) is 0 Å². The van der Waals surface area contributed by atoms with Crippen LogP contribution in [0.25, 0.3) is 0 Å². The summed E-state index contributed by atoms with van der Waals surface area (Å²) < 4.78 is 26.7. The lowest BCUT2D eigenvalue weighted by atomic mass is 9.91. The molecule has 0 spiro atoms. The fourth-order valence-corrected chi connectivity index (χ4v) is 2.50. The van der Waals surface area contributed by atoms with E-state index in [2.05, 4.69) is 24.4 Å². The summed E-state index contributed by atoms with van der Waals surface area (Å²) in [4.78, 5) is 0. The molecule has 1 nitrogen and oxygen atoms in total. The monoisotopic (exact) mass is 289 g/mol. The summed E-state index contributed by atoms with van der Waals surface area (Å²) >= 11 is 0. The van der Waals surface area contributed by atoms with Gasteiger partial charge in [0, 0.05) is 18.5 Å². The van der Waals surface area contributed by atoms with Crippen molar-refractivity contribution in [3.05, 3.63) is 71.3 Å². The van der Waals surface area contributed by atoms with Crippen LogP contribution in [0.15, 0.2) is 48.5 Å². The number of nitrogens with one attached hydrogen (secondary N) is 1. The molecular formula is C18H21F2N. The Hall–Kier alpha value is -1.74. The van der Waals surface area contributed by atoms with Gasteiger partial charge in [0.05, 0.1) is 0 Å². The van der Waals surface area contributed by atoms with Crippen LogP contribution in [-0.4, -0.2) is 13.1 Å². The van der Waals surface area contributed by atoms with Gasteiger partial charge in [0.2, 0.25) is 0 Å². The average Bonchev–Trinajstić information content (AvgIpc) is 2.46.